The fourth-order valence-corrected chi connectivity index (χ4v) is 2.21. The number of amides is 1. The highest BCUT2D eigenvalue weighted by atomic mass is 16.5. The number of methoxy groups -OCH3 is 1. The first-order chi connectivity index (χ1) is 10.4. The van der Waals surface area contributed by atoms with Crippen molar-refractivity contribution in [2.45, 2.75) is 13.5 Å². The second kappa shape index (κ2) is 6.46. The third kappa shape index (κ3) is 3.19. The van der Waals surface area contributed by atoms with Crippen molar-refractivity contribution in [2.75, 3.05) is 20.7 Å². The van der Waals surface area contributed by atoms with Crippen LogP contribution in [0.3, 0.4) is 0 Å². The van der Waals surface area contributed by atoms with Crippen LogP contribution in [0.2, 0.25) is 0 Å². The van der Waals surface area contributed by atoms with Crippen LogP contribution in [0.25, 0.3) is 11.1 Å². The average Bonchev–Trinajstić information content (AvgIpc) is 2.82. The summed E-state index contributed by atoms with van der Waals surface area (Å²) in [5, 5.41) is 0. The van der Waals surface area contributed by atoms with Gasteiger partial charge in [-0.2, -0.15) is 0 Å². The first kappa shape index (κ1) is 15.8. The van der Waals surface area contributed by atoms with Crippen LogP contribution in [0.5, 0.6) is 0 Å². The molecule has 2 rings (SSSR count). The number of carbonyl (C=O) groups excluding carboxylic acids is 2. The van der Waals surface area contributed by atoms with Gasteiger partial charge in [-0.05, 0) is 12.1 Å². The molecule has 1 aromatic carbocycles. The number of rotatable bonds is 5. The van der Waals surface area contributed by atoms with E-state index in [0.29, 0.717) is 11.1 Å². The fraction of sp³-hybridized carbons (Fsp3) is 0.400. The van der Waals surface area contributed by atoms with E-state index >= 15 is 0 Å². The zero-order valence-corrected chi connectivity index (χ0v) is 12.7. The van der Waals surface area contributed by atoms with Crippen molar-refractivity contribution in [3.05, 3.63) is 34.8 Å². The van der Waals surface area contributed by atoms with Gasteiger partial charge in [0.15, 0.2) is 5.58 Å². The molecule has 1 unspecified atom stereocenters. The van der Waals surface area contributed by atoms with E-state index in [1.165, 1.54) is 16.6 Å². The molecule has 22 heavy (non-hydrogen) atoms. The lowest BCUT2D eigenvalue weighted by atomic mass is 10.2. The van der Waals surface area contributed by atoms with E-state index in [9.17, 15) is 14.4 Å². The maximum Gasteiger partial charge on any atom is 0.420 e. The number of fused-ring (bicyclic) bond motifs is 1. The highest BCUT2D eigenvalue weighted by Crippen LogP contribution is 2.12. The number of ether oxygens (including phenoxy) is 1. The molecule has 1 heterocycles. The summed E-state index contributed by atoms with van der Waals surface area (Å²) < 4.78 is 11.0. The molecule has 0 aliphatic rings. The number of aromatic nitrogens is 1. The van der Waals surface area contributed by atoms with Crippen LogP contribution in [-0.2, 0) is 20.9 Å². The Balaban J connectivity index is 2.12. The summed E-state index contributed by atoms with van der Waals surface area (Å²) in [6.07, 6.45) is 0. The minimum Gasteiger partial charge on any atom is -0.469 e. The molecule has 0 aliphatic carbocycles. The van der Waals surface area contributed by atoms with Crippen molar-refractivity contribution in [1.29, 1.82) is 0 Å². The molecule has 0 saturated heterocycles. The molecular weight excluding hydrogens is 288 g/mol. The van der Waals surface area contributed by atoms with E-state index in [4.69, 9.17) is 4.42 Å². The predicted octanol–water partition coefficient (Wildman–Crippen LogP) is 0.862. The Bertz CT molecular complexity index is 746. The van der Waals surface area contributed by atoms with Crippen LogP contribution in [0.15, 0.2) is 33.5 Å². The molecule has 0 radical (unpaired) electrons. The van der Waals surface area contributed by atoms with E-state index in [1.807, 2.05) is 0 Å². The molecule has 0 spiro atoms. The third-order valence-electron chi connectivity index (χ3n) is 3.44. The lowest BCUT2D eigenvalue weighted by Gasteiger charge is -2.20. The van der Waals surface area contributed by atoms with Crippen molar-refractivity contribution >= 4 is 23.0 Å². The Labute approximate surface area is 127 Å². The topological polar surface area (TPSA) is 81.8 Å². The van der Waals surface area contributed by atoms with E-state index in [-0.39, 0.29) is 25.0 Å². The number of nitrogens with zero attached hydrogens (tertiary/aromatic N) is 2. The smallest absolute Gasteiger partial charge is 0.420 e. The summed E-state index contributed by atoms with van der Waals surface area (Å²) in [5.41, 5.74) is 1.00. The van der Waals surface area contributed by atoms with Gasteiger partial charge in [-0.15, -0.1) is 0 Å². The fourth-order valence-electron chi connectivity index (χ4n) is 2.21. The Morgan fingerprint density at radius 2 is 2.05 bits per heavy atom. The number of benzene rings is 1. The van der Waals surface area contributed by atoms with Crippen LogP contribution < -0.4 is 5.76 Å². The summed E-state index contributed by atoms with van der Waals surface area (Å²) in [7, 11) is 2.88. The number of hydrogen-bond acceptors (Lipinski definition) is 5. The molecule has 7 nitrogen and oxygen atoms in total. The summed E-state index contributed by atoms with van der Waals surface area (Å²) in [5.74, 6) is -1.68. The maximum absolute atomic E-state index is 12.2. The molecule has 1 amide bonds. The number of carbonyl (C=O) groups is 2. The van der Waals surface area contributed by atoms with Gasteiger partial charge in [0.2, 0.25) is 5.91 Å². The summed E-state index contributed by atoms with van der Waals surface area (Å²) in [6.45, 7) is 1.76. The van der Waals surface area contributed by atoms with E-state index in [2.05, 4.69) is 4.74 Å². The average molecular weight is 306 g/mol. The molecule has 7 heteroatoms. The van der Waals surface area contributed by atoms with Crippen LogP contribution in [0, 0.1) is 5.92 Å². The summed E-state index contributed by atoms with van der Waals surface area (Å²) in [6, 6.07) is 6.90. The largest absolute Gasteiger partial charge is 0.469 e. The van der Waals surface area contributed by atoms with Crippen LogP contribution in [0.1, 0.15) is 6.92 Å². The van der Waals surface area contributed by atoms with E-state index in [0.717, 1.165) is 0 Å². The minimum absolute atomic E-state index is 0.139. The molecule has 0 aliphatic heterocycles. The molecule has 1 atom stereocenters. The number of likely N-dealkylation sites (N-methyl/N-ethyl adjacent to an activating group) is 1. The van der Waals surface area contributed by atoms with E-state index < -0.39 is 11.7 Å². The Morgan fingerprint density at radius 3 is 2.73 bits per heavy atom. The van der Waals surface area contributed by atoms with Gasteiger partial charge in [-0.3, -0.25) is 14.2 Å². The Kier molecular flexibility index (Phi) is 4.65. The summed E-state index contributed by atoms with van der Waals surface area (Å²) >= 11 is 0. The summed E-state index contributed by atoms with van der Waals surface area (Å²) in [4.78, 5) is 36.8. The van der Waals surface area contributed by atoms with Gasteiger partial charge < -0.3 is 14.1 Å². The van der Waals surface area contributed by atoms with E-state index in [1.54, 1.807) is 38.2 Å². The zero-order chi connectivity index (χ0) is 16.3. The number of hydrogen-bond donors (Lipinski definition) is 0. The van der Waals surface area contributed by atoms with Crippen molar-refractivity contribution in [2.24, 2.45) is 5.92 Å². The van der Waals surface area contributed by atoms with Crippen LogP contribution in [0.4, 0.5) is 0 Å². The number of esters is 1. The zero-order valence-electron chi connectivity index (χ0n) is 12.7. The molecule has 118 valence electrons. The lowest BCUT2D eigenvalue weighted by Crippen LogP contribution is -2.37. The first-order valence-corrected chi connectivity index (χ1v) is 6.84. The molecule has 0 N–H and O–H groups in total. The van der Waals surface area contributed by atoms with Crippen molar-refractivity contribution < 1.29 is 18.7 Å². The predicted molar refractivity (Wildman–Crippen MR) is 79.3 cm³/mol. The van der Waals surface area contributed by atoms with Gasteiger partial charge in [0.1, 0.15) is 6.54 Å². The van der Waals surface area contributed by atoms with Crippen molar-refractivity contribution in [1.82, 2.24) is 9.47 Å². The van der Waals surface area contributed by atoms with Gasteiger partial charge in [0.05, 0.1) is 18.5 Å². The number of para-hydroxylation sites is 2. The molecule has 0 saturated carbocycles. The molecular formula is C15H18N2O5. The molecule has 1 aromatic heterocycles. The number of oxazole rings is 1. The van der Waals surface area contributed by atoms with Crippen LogP contribution in [-0.4, -0.2) is 42.0 Å². The third-order valence-corrected chi connectivity index (χ3v) is 3.44. The van der Waals surface area contributed by atoms with Gasteiger partial charge >= 0.3 is 11.7 Å². The minimum atomic E-state index is -0.580. The van der Waals surface area contributed by atoms with Crippen molar-refractivity contribution in [3.8, 4) is 0 Å². The highest BCUT2D eigenvalue weighted by Gasteiger charge is 2.20. The molecule has 0 fully saturated rings. The van der Waals surface area contributed by atoms with Crippen LogP contribution >= 0.6 is 0 Å². The second-order valence-corrected chi connectivity index (χ2v) is 5.12. The van der Waals surface area contributed by atoms with Crippen molar-refractivity contribution in [3.63, 3.8) is 0 Å². The lowest BCUT2D eigenvalue weighted by molar-refractivity contribution is -0.146. The molecule has 0 bridgehead atoms. The first-order valence-electron chi connectivity index (χ1n) is 6.84. The van der Waals surface area contributed by atoms with Gasteiger partial charge in [0, 0.05) is 13.6 Å². The monoisotopic (exact) mass is 306 g/mol. The Hall–Kier alpha value is -2.57. The highest BCUT2D eigenvalue weighted by molar-refractivity contribution is 5.80. The maximum atomic E-state index is 12.2. The Morgan fingerprint density at radius 1 is 1.36 bits per heavy atom. The quantitative estimate of drug-likeness (QED) is 0.765. The molecule has 2 aromatic rings. The van der Waals surface area contributed by atoms with Gasteiger partial charge in [-0.25, -0.2) is 4.79 Å². The second-order valence-electron chi connectivity index (χ2n) is 5.12. The van der Waals surface area contributed by atoms with Gasteiger partial charge in [-0.1, -0.05) is 19.1 Å². The normalized spacial score (nSPS) is 12.1. The SMILES string of the molecule is COC(=O)C(C)CN(C)C(=O)Cn1c(=O)oc2ccccc21. The van der Waals surface area contributed by atoms with Gasteiger partial charge in [0.25, 0.3) is 0 Å². The standard InChI is InChI=1S/C15H18N2O5/c1-10(14(19)21-3)8-16(2)13(18)9-17-11-6-4-5-7-12(11)22-15(17)20/h4-7,10H,8-9H2,1-3H3.